The van der Waals surface area contributed by atoms with Crippen LogP contribution in [0.1, 0.15) is 33.1 Å². The first-order chi connectivity index (χ1) is 16.4. The number of ether oxygens (including phenoxy) is 1. The first-order valence-electron chi connectivity index (χ1n) is 11.3. The standard InChI is InChI=1S/C25H27FN4O3S/c1-17-7-6-8-18(2)29(17)22(31)15-33-23(32)16-34-25-28-27-24(19-11-13-20(26)14-12-19)30(25)21-9-4-3-5-10-21/h3-5,9-14,17-18H,6-8,15-16H2,1-2H3. The van der Waals surface area contributed by atoms with Gasteiger partial charge in [-0.2, -0.15) is 0 Å². The monoisotopic (exact) mass is 482 g/mol. The summed E-state index contributed by atoms with van der Waals surface area (Å²) in [6, 6.07) is 15.8. The number of hydrogen-bond acceptors (Lipinski definition) is 6. The lowest BCUT2D eigenvalue weighted by molar-refractivity contribution is -0.153. The molecule has 3 aromatic rings. The number of esters is 1. The average Bonchev–Trinajstić information content (AvgIpc) is 3.26. The molecule has 7 nitrogen and oxygen atoms in total. The quantitative estimate of drug-likeness (QED) is 0.365. The van der Waals surface area contributed by atoms with E-state index in [9.17, 15) is 14.0 Å². The molecule has 1 fully saturated rings. The van der Waals surface area contributed by atoms with Crippen LogP contribution in [0.4, 0.5) is 4.39 Å². The molecule has 2 heterocycles. The van der Waals surface area contributed by atoms with Crippen molar-refractivity contribution in [3.05, 3.63) is 60.4 Å². The van der Waals surface area contributed by atoms with Gasteiger partial charge in [-0.15, -0.1) is 10.2 Å². The Morgan fingerprint density at radius 2 is 1.71 bits per heavy atom. The molecule has 0 bridgehead atoms. The van der Waals surface area contributed by atoms with Crippen molar-refractivity contribution in [3.63, 3.8) is 0 Å². The Morgan fingerprint density at radius 3 is 2.38 bits per heavy atom. The zero-order chi connectivity index (χ0) is 24.1. The number of carbonyl (C=O) groups is 2. The Hall–Kier alpha value is -3.20. The number of nitrogens with zero attached hydrogens (tertiary/aromatic N) is 4. The first kappa shape index (κ1) is 23.9. The van der Waals surface area contributed by atoms with Gasteiger partial charge in [-0.1, -0.05) is 30.0 Å². The summed E-state index contributed by atoms with van der Waals surface area (Å²) in [4.78, 5) is 26.8. The molecule has 4 rings (SSSR count). The highest BCUT2D eigenvalue weighted by molar-refractivity contribution is 7.99. The van der Waals surface area contributed by atoms with Crippen LogP contribution in [0.3, 0.4) is 0 Å². The van der Waals surface area contributed by atoms with Crippen LogP contribution in [-0.2, 0) is 14.3 Å². The average molecular weight is 483 g/mol. The fourth-order valence-electron chi connectivity index (χ4n) is 4.25. The molecular formula is C25H27FN4O3S. The smallest absolute Gasteiger partial charge is 0.316 e. The molecule has 0 aliphatic carbocycles. The maximum Gasteiger partial charge on any atom is 0.316 e. The number of hydrogen-bond donors (Lipinski definition) is 0. The van der Waals surface area contributed by atoms with E-state index >= 15 is 0 Å². The Bertz CT molecular complexity index is 1130. The zero-order valence-electron chi connectivity index (χ0n) is 19.2. The highest BCUT2D eigenvalue weighted by atomic mass is 32.2. The minimum Gasteiger partial charge on any atom is -0.455 e. The minimum atomic E-state index is -0.499. The second-order valence-electron chi connectivity index (χ2n) is 8.36. The Kier molecular flexibility index (Phi) is 7.62. The molecule has 2 atom stereocenters. The maximum absolute atomic E-state index is 13.4. The van der Waals surface area contributed by atoms with E-state index < -0.39 is 5.97 Å². The van der Waals surface area contributed by atoms with E-state index in [1.54, 1.807) is 12.1 Å². The molecule has 2 unspecified atom stereocenters. The molecular weight excluding hydrogens is 455 g/mol. The lowest BCUT2D eigenvalue weighted by Gasteiger charge is -2.38. The molecule has 0 radical (unpaired) electrons. The molecule has 1 saturated heterocycles. The van der Waals surface area contributed by atoms with Crippen molar-refractivity contribution in [2.24, 2.45) is 0 Å². The van der Waals surface area contributed by atoms with Gasteiger partial charge in [-0.3, -0.25) is 14.2 Å². The third-order valence-electron chi connectivity index (χ3n) is 5.91. The van der Waals surface area contributed by atoms with Gasteiger partial charge in [0.05, 0.1) is 5.75 Å². The minimum absolute atomic E-state index is 0.0211. The summed E-state index contributed by atoms with van der Waals surface area (Å²) < 4.78 is 20.5. The number of benzene rings is 2. The molecule has 0 N–H and O–H groups in total. The van der Waals surface area contributed by atoms with Crippen molar-refractivity contribution in [1.82, 2.24) is 19.7 Å². The molecule has 1 aromatic heterocycles. The summed E-state index contributed by atoms with van der Waals surface area (Å²) in [5, 5.41) is 9.02. The number of para-hydroxylation sites is 1. The van der Waals surface area contributed by atoms with E-state index in [2.05, 4.69) is 10.2 Å². The summed E-state index contributed by atoms with van der Waals surface area (Å²) >= 11 is 1.17. The largest absolute Gasteiger partial charge is 0.455 e. The Morgan fingerprint density at radius 1 is 1.03 bits per heavy atom. The van der Waals surface area contributed by atoms with E-state index in [1.807, 2.05) is 53.6 Å². The van der Waals surface area contributed by atoms with E-state index in [0.717, 1.165) is 24.9 Å². The lowest BCUT2D eigenvalue weighted by atomic mass is 9.97. The van der Waals surface area contributed by atoms with E-state index in [0.29, 0.717) is 16.5 Å². The zero-order valence-corrected chi connectivity index (χ0v) is 20.0. The van der Waals surface area contributed by atoms with Crippen LogP contribution in [0.5, 0.6) is 0 Å². The van der Waals surface area contributed by atoms with Gasteiger partial charge in [0.15, 0.2) is 17.6 Å². The van der Waals surface area contributed by atoms with Crippen LogP contribution in [-0.4, -0.2) is 56.0 Å². The van der Waals surface area contributed by atoms with Crippen molar-refractivity contribution in [3.8, 4) is 17.1 Å². The summed E-state index contributed by atoms with van der Waals surface area (Å²) in [6.45, 7) is 3.79. The predicted molar refractivity (Wildman–Crippen MR) is 128 cm³/mol. The molecule has 2 aromatic carbocycles. The van der Waals surface area contributed by atoms with Crippen LogP contribution < -0.4 is 0 Å². The highest BCUT2D eigenvalue weighted by Gasteiger charge is 2.29. The molecule has 1 aliphatic rings. The summed E-state index contributed by atoms with van der Waals surface area (Å²) in [6.07, 6.45) is 3.03. The molecule has 0 saturated carbocycles. The van der Waals surface area contributed by atoms with Gasteiger partial charge in [-0.25, -0.2) is 4.39 Å². The van der Waals surface area contributed by atoms with E-state index in [-0.39, 0.29) is 36.2 Å². The van der Waals surface area contributed by atoms with Gasteiger partial charge in [0.2, 0.25) is 0 Å². The topological polar surface area (TPSA) is 77.3 Å². The molecule has 0 spiro atoms. The van der Waals surface area contributed by atoms with E-state index in [4.69, 9.17) is 4.74 Å². The van der Waals surface area contributed by atoms with Crippen molar-refractivity contribution in [2.45, 2.75) is 50.4 Å². The molecule has 1 amide bonds. The summed E-state index contributed by atoms with van der Waals surface area (Å²) in [5.41, 5.74) is 1.51. The maximum atomic E-state index is 13.4. The fraction of sp³-hybridized carbons (Fsp3) is 0.360. The van der Waals surface area contributed by atoms with Crippen molar-refractivity contribution >= 4 is 23.6 Å². The van der Waals surface area contributed by atoms with Gasteiger partial charge in [-0.05, 0) is 69.5 Å². The number of piperidine rings is 1. The van der Waals surface area contributed by atoms with E-state index in [1.165, 1.54) is 23.9 Å². The van der Waals surface area contributed by atoms with Crippen LogP contribution in [0.15, 0.2) is 59.8 Å². The van der Waals surface area contributed by atoms with Crippen LogP contribution >= 0.6 is 11.8 Å². The van der Waals surface area contributed by atoms with Gasteiger partial charge >= 0.3 is 5.97 Å². The third-order valence-corrected chi connectivity index (χ3v) is 6.81. The lowest BCUT2D eigenvalue weighted by Crippen LogP contribution is -2.49. The number of aromatic nitrogens is 3. The molecule has 178 valence electrons. The number of likely N-dealkylation sites (tertiary alicyclic amines) is 1. The van der Waals surface area contributed by atoms with Crippen LogP contribution in [0.25, 0.3) is 17.1 Å². The summed E-state index contributed by atoms with van der Waals surface area (Å²) in [5.74, 6) is -0.488. The second-order valence-corrected chi connectivity index (χ2v) is 9.31. The number of carbonyl (C=O) groups excluding carboxylic acids is 2. The SMILES string of the molecule is CC1CCCC(C)N1C(=O)COC(=O)CSc1nnc(-c2ccc(F)cc2)n1-c1ccccc1. The normalized spacial score (nSPS) is 18.0. The number of amides is 1. The molecule has 1 aliphatic heterocycles. The number of rotatable bonds is 7. The van der Waals surface area contributed by atoms with Gasteiger partial charge in [0.25, 0.3) is 5.91 Å². The predicted octanol–water partition coefficient (Wildman–Crippen LogP) is 4.50. The third kappa shape index (κ3) is 5.47. The fourth-order valence-corrected chi connectivity index (χ4v) is 5.00. The first-order valence-corrected chi connectivity index (χ1v) is 12.3. The van der Waals surface area contributed by atoms with Crippen LogP contribution in [0.2, 0.25) is 0 Å². The highest BCUT2D eigenvalue weighted by Crippen LogP contribution is 2.28. The van der Waals surface area contributed by atoms with Crippen LogP contribution in [0, 0.1) is 5.82 Å². The molecule has 34 heavy (non-hydrogen) atoms. The summed E-state index contributed by atoms with van der Waals surface area (Å²) in [7, 11) is 0. The van der Waals surface area contributed by atoms with Crippen molar-refractivity contribution in [2.75, 3.05) is 12.4 Å². The number of thioether (sulfide) groups is 1. The van der Waals surface area contributed by atoms with Gasteiger partial charge in [0.1, 0.15) is 5.82 Å². The Labute approximate surface area is 202 Å². The van der Waals surface area contributed by atoms with Gasteiger partial charge < -0.3 is 9.64 Å². The van der Waals surface area contributed by atoms with Gasteiger partial charge in [0, 0.05) is 23.3 Å². The van der Waals surface area contributed by atoms with Crippen molar-refractivity contribution in [1.29, 1.82) is 0 Å². The number of halogens is 1. The second kappa shape index (κ2) is 10.8. The van der Waals surface area contributed by atoms with Crippen molar-refractivity contribution < 1.29 is 18.7 Å². The molecule has 9 heteroatoms. The Balaban J connectivity index is 1.44.